The van der Waals surface area contributed by atoms with Crippen molar-refractivity contribution in [2.45, 2.75) is 25.9 Å². The standard InChI is InChI=1S/C16H20BrNO/c1-12(4-3-9-18-2)19-16-8-6-13-10-15(17)7-5-14(13)11-16/h5-8,10-12,18H,3-4,9H2,1-2H3. The zero-order valence-electron chi connectivity index (χ0n) is 11.4. The van der Waals surface area contributed by atoms with Crippen LogP contribution in [0.3, 0.4) is 0 Å². The van der Waals surface area contributed by atoms with E-state index in [2.05, 4.69) is 58.5 Å². The molecular weight excluding hydrogens is 302 g/mol. The second-order valence-electron chi connectivity index (χ2n) is 4.83. The van der Waals surface area contributed by atoms with Gasteiger partial charge >= 0.3 is 0 Å². The fourth-order valence-corrected chi connectivity index (χ4v) is 2.50. The fraction of sp³-hybridized carbons (Fsp3) is 0.375. The summed E-state index contributed by atoms with van der Waals surface area (Å²) < 4.78 is 7.07. The van der Waals surface area contributed by atoms with Crippen LogP contribution in [0.1, 0.15) is 19.8 Å². The van der Waals surface area contributed by atoms with Gasteiger partial charge in [0, 0.05) is 4.47 Å². The molecule has 0 aromatic heterocycles. The largest absolute Gasteiger partial charge is 0.491 e. The Morgan fingerprint density at radius 1 is 1.16 bits per heavy atom. The van der Waals surface area contributed by atoms with Crippen molar-refractivity contribution in [3.63, 3.8) is 0 Å². The van der Waals surface area contributed by atoms with E-state index in [4.69, 9.17) is 4.74 Å². The summed E-state index contributed by atoms with van der Waals surface area (Å²) >= 11 is 3.49. The Morgan fingerprint density at radius 2 is 1.89 bits per heavy atom. The van der Waals surface area contributed by atoms with Gasteiger partial charge in [0.15, 0.2) is 0 Å². The molecule has 0 bridgehead atoms. The van der Waals surface area contributed by atoms with Crippen LogP contribution in [0.15, 0.2) is 40.9 Å². The number of hydrogen-bond acceptors (Lipinski definition) is 2. The van der Waals surface area contributed by atoms with Gasteiger partial charge in [0.25, 0.3) is 0 Å². The van der Waals surface area contributed by atoms with Gasteiger partial charge in [-0.15, -0.1) is 0 Å². The van der Waals surface area contributed by atoms with Crippen LogP contribution in [0.2, 0.25) is 0 Å². The van der Waals surface area contributed by atoms with E-state index in [1.54, 1.807) is 0 Å². The first-order valence-corrected chi connectivity index (χ1v) is 7.49. The highest BCUT2D eigenvalue weighted by Gasteiger charge is 2.04. The first kappa shape index (κ1) is 14.4. The molecule has 3 heteroatoms. The molecule has 102 valence electrons. The molecule has 0 saturated heterocycles. The van der Waals surface area contributed by atoms with Gasteiger partial charge in [0.2, 0.25) is 0 Å². The first-order chi connectivity index (χ1) is 9.19. The third-order valence-electron chi connectivity index (χ3n) is 3.15. The maximum Gasteiger partial charge on any atom is 0.120 e. The maximum atomic E-state index is 5.96. The van der Waals surface area contributed by atoms with Gasteiger partial charge in [-0.2, -0.15) is 0 Å². The first-order valence-electron chi connectivity index (χ1n) is 6.69. The summed E-state index contributed by atoms with van der Waals surface area (Å²) in [6, 6.07) is 12.5. The lowest BCUT2D eigenvalue weighted by Gasteiger charge is -2.15. The zero-order valence-corrected chi connectivity index (χ0v) is 13.0. The molecule has 0 fully saturated rings. The van der Waals surface area contributed by atoms with Crippen LogP contribution in [0, 0.1) is 0 Å². The van der Waals surface area contributed by atoms with E-state index in [1.165, 1.54) is 10.8 Å². The highest BCUT2D eigenvalue weighted by Crippen LogP contribution is 2.25. The molecule has 1 N–H and O–H groups in total. The molecule has 0 amide bonds. The predicted octanol–water partition coefficient (Wildman–Crippen LogP) is 4.37. The number of halogens is 1. The highest BCUT2D eigenvalue weighted by atomic mass is 79.9. The Bertz CT molecular complexity index is 541. The van der Waals surface area contributed by atoms with Crippen molar-refractivity contribution >= 4 is 26.7 Å². The average molecular weight is 322 g/mol. The average Bonchev–Trinajstić information content (AvgIpc) is 2.39. The molecular formula is C16H20BrNO. The maximum absolute atomic E-state index is 5.96. The molecule has 2 nitrogen and oxygen atoms in total. The Kier molecular flexibility index (Phi) is 5.23. The number of hydrogen-bond donors (Lipinski definition) is 1. The Morgan fingerprint density at radius 3 is 2.68 bits per heavy atom. The quantitative estimate of drug-likeness (QED) is 0.798. The number of rotatable bonds is 6. The summed E-state index contributed by atoms with van der Waals surface area (Å²) in [5, 5.41) is 5.59. The molecule has 2 rings (SSSR count). The van der Waals surface area contributed by atoms with Gasteiger partial charge in [-0.1, -0.05) is 28.1 Å². The lowest BCUT2D eigenvalue weighted by molar-refractivity contribution is 0.208. The molecule has 0 aliphatic rings. The Labute approximate surface area is 123 Å². The Hall–Kier alpha value is -1.06. The summed E-state index contributed by atoms with van der Waals surface area (Å²) in [6.45, 7) is 3.17. The minimum atomic E-state index is 0.251. The lowest BCUT2D eigenvalue weighted by Crippen LogP contribution is -2.15. The molecule has 0 aliphatic heterocycles. The van der Waals surface area contributed by atoms with Crippen molar-refractivity contribution < 1.29 is 4.74 Å². The number of fused-ring (bicyclic) bond motifs is 1. The van der Waals surface area contributed by atoms with Gasteiger partial charge in [-0.05, 0) is 68.4 Å². The van der Waals surface area contributed by atoms with Gasteiger partial charge < -0.3 is 10.1 Å². The third-order valence-corrected chi connectivity index (χ3v) is 3.64. The van der Waals surface area contributed by atoms with Crippen LogP contribution in [0.5, 0.6) is 5.75 Å². The van der Waals surface area contributed by atoms with Gasteiger partial charge in [0.1, 0.15) is 5.75 Å². The van der Waals surface area contributed by atoms with E-state index < -0.39 is 0 Å². The van der Waals surface area contributed by atoms with Crippen LogP contribution in [-0.4, -0.2) is 19.7 Å². The van der Waals surface area contributed by atoms with Crippen LogP contribution in [0.4, 0.5) is 0 Å². The molecule has 19 heavy (non-hydrogen) atoms. The Balaban J connectivity index is 2.02. The molecule has 0 aliphatic carbocycles. The van der Waals surface area contributed by atoms with Crippen molar-refractivity contribution in [2.24, 2.45) is 0 Å². The molecule has 0 heterocycles. The van der Waals surface area contributed by atoms with E-state index in [-0.39, 0.29) is 6.10 Å². The SMILES string of the molecule is CNCCCC(C)Oc1ccc2cc(Br)ccc2c1. The van der Waals surface area contributed by atoms with Crippen molar-refractivity contribution in [1.29, 1.82) is 0 Å². The third kappa shape index (κ3) is 4.22. The van der Waals surface area contributed by atoms with Crippen LogP contribution >= 0.6 is 15.9 Å². The minimum absolute atomic E-state index is 0.251. The predicted molar refractivity (Wildman–Crippen MR) is 84.9 cm³/mol. The lowest BCUT2D eigenvalue weighted by atomic mass is 10.1. The summed E-state index contributed by atoms with van der Waals surface area (Å²) in [6.07, 6.45) is 2.46. The molecule has 1 atom stereocenters. The monoisotopic (exact) mass is 321 g/mol. The molecule has 0 radical (unpaired) electrons. The number of ether oxygens (including phenoxy) is 1. The smallest absolute Gasteiger partial charge is 0.120 e. The van der Waals surface area contributed by atoms with Gasteiger partial charge in [0.05, 0.1) is 6.10 Å². The number of nitrogens with one attached hydrogen (secondary N) is 1. The van der Waals surface area contributed by atoms with E-state index in [1.807, 2.05) is 13.1 Å². The van der Waals surface area contributed by atoms with Gasteiger partial charge in [-0.3, -0.25) is 0 Å². The molecule has 2 aromatic carbocycles. The highest BCUT2D eigenvalue weighted by molar-refractivity contribution is 9.10. The zero-order chi connectivity index (χ0) is 13.7. The summed E-state index contributed by atoms with van der Waals surface area (Å²) in [4.78, 5) is 0. The van der Waals surface area contributed by atoms with Crippen LogP contribution in [0.25, 0.3) is 10.8 Å². The fourth-order valence-electron chi connectivity index (χ4n) is 2.13. The second-order valence-corrected chi connectivity index (χ2v) is 5.74. The topological polar surface area (TPSA) is 21.3 Å². The van der Waals surface area contributed by atoms with Crippen LogP contribution < -0.4 is 10.1 Å². The molecule has 0 saturated carbocycles. The molecule has 1 unspecified atom stereocenters. The van der Waals surface area contributed by atoms with Crippen molar-refractivity contribution in [2.75, 3.05) is 13.6 Å². The minimum Gasteiger partial charge on any atom is -0.491 e. The van der Waals surface area contributed by atoms with E-state index >= 15 is 0 Å². The van der Waals surface area contributed by atoms with Crippen molar-refractivity contribution in [3.05, 3.63) is 40.9 Å². The van der Waals surface area contributed by atoms with E-state index in [0.717, 1.165) is 29.6 Å². The van der Waals surface area contributed by atoms with Crippen LogP contribution in [-0.2, 0) is 0 Å². The van der Waals surface area contributed by atoms with Gasteiger partial charge in [-0.25, -0.2) is 0 Å². The molecule has 0 spiro atoms. The second kappa shape index (κ2) is 6.92. The van der Waals surface area contributed by atoms with E-state index in [0.29, 0.717) is 0 Å². The normalized spacial score (nSPS) is 12.6. The molecule has 2 aromatic rings. The van der Waals surface area contributed by atoms with Crippen molar-refractivity contribution in [3.8, 4) is 5.75 Å². The summed E-state index contributed by atoms with van der Waals surface area (Å²) in [5.74, 6) is 0.951. The summed E-state index contributed by atoms with van der Waals surface area (Å²) in [5.41, 5.74) is 0. The summed E-state index contributed by atoms with van der Waals surface area (Å²) in [7, 11) is 1.98. The number of benzene rings is 2. The van der Waals surface area contributed by atoms with Crippen molar-refractivity contribution in [1.82, 2.24) is 5.32 Å². The van der Waals surface area contributed by atoms with E-state index in [9.17, 15) is 0 Å².